The van der Waals surface area contributed by atoms with Crippen molar-refractivity contribution >= 4 is 5.69 Å². The molecule has 0 amide bonds. The fraction of sp³-hybridized carbons (Fsp3) is 0.600. The second kappa shape index (κ2) is 5.13. The summed E-state index contributed by atoms with van der Waals surface area (Å²) >= 11 is 0. The number of hydrogen-bond donors (Lipinski definition) is 0. The lowest BCUT2D eigenvalue weighted by molar-refractivity contribution is 0.258. The van der Waals surface area contributed by atoms with Gasteiger partial charge in [-0.2, -0.15) is 0 Å². The van der Waals surface area contributed by atoms with Crippen LogP contribution in [0.4, 0.5) is 10.1 Å². The van der Waals surface area contributed by atoms with E-state index in [0.29, 0.717) is 23.8 Å². The summed E-state index contributed by atoms with van der Waals surface area (Å²) in [5.74, 6) is 0.767. The molecule has 0 radical (unpaired) electrons. The zero-order chi connectivity index (χ0) is 14.2. The summed E-state index contributed by atoms with van der Waals surface area (Å²) in [5.41, 5.74) is 0.684. The van der Waals surface area contributed by atoms with Crippen LogP contribution >= 0.6 is 0 Å². The van der Waals surface area contributed by atoms with Gasteiger partial charge in [-0.25, -0.2) is 4.39 Å². The summed E-state index contributed by atoms with van der Waals surface area (Å²) in [6.45, 7) is 4.84. The highest BCUT2D eigenvalue weighted by molar-refractivity contribution is 5.58. The minimum Gasteiger partial charge on any atom is -0.493 e. The van der Waals surface area contributed by atoms with E-state index in [-0.39, 0.29) is 11.4 Å². The minimum atomic E-state index is -0.262. The predicted octanol–water partition coefficient (Wildman–Crippen LogP) is 2.60. The van der Waals surface area contributed by atoms with Gasteiger partial charge in [-0.05, 0) is 19.8 Å². The summed E-state index contributed by atoms with van der Waals surface area (Å²) in [5, 5.41) is 0. The van der Waals surface area contributed by atoms with Crippen LogP contribution in [0.25, 0.3) is 0 Å². The number of hydrogen-bond acceptors (Lipinski definition) is 4. The molecule has 2 heterocycles. The maximum Gasteiger partial charge on any atom is 0.164 e. The first-order valence-electron chi connectivity index (χ1n) is 7.07. The molecular formula is C15H20FNO3. The van der Waals surface area contributed by atoms with E-state index in [1.54, 1.807) is 13.2 Å². The fourth-order valence-electron chi connectivity index (χ4n) is 2.74. The quantitative estimate of drug-likeness (QED) is 0.795. The Balaban J connectivity index is 1.81. The molecule has 20 heavy (non-hydrogen) atoms. The molecule has 4 nitrogen and oxygen atoms in total. The van der Waals surface area contributed by atoms with Crippen LogP contribution < -0.4 is 14.4 Å². The van der Waals surface area contributed by atoms with Gasteiger partial charge in [0, 0.05) is 25.2 Å². The van der Waals surface area contributed by atoms with E-state index in [0.717, 1.165) is 32.5 Å². The van der Waals surface area contributed by atoms with Crippen molar-refractivity contribution in [1.82, 2.24) is 0 Å². The first-order valence-corrected chi connectivity index (χ1v) is 7.07. The lowest BCUT2D eigenvalue weighted by Gasteiger charge is -2.32. The third kappa shape index (κ3) is 2.42. The first-order chi connectivity index (χ1) is 9.67. The molecule has 5 heteroatoms. The lowest BCUT2D eigenvalue weighted by atomic mass is 9.97. The molecule has 1 aromatic carbocycles. The monoisotopic (exact) mass is 281 g/mol. The third-order valence-corrected chi connectivity index (χ3v) is 4.10. The average Bonchev–Trinajstić information content (AvgIpc) is 3.20. The Hall–Kier alpha value is -1.49. The highest BCUT2D eigenvalue weighted by atomic mass is 19.1. The van der Waals surface area contributed by atoms with Gasteiger partial charge in [0.1, 0.15) is 5.82 Å². The average molecular weight is 281 g/mol. The van der Waals surface area contributed by atoms with Gasteiger partial charge in [0.25, 0.3) is 0 Å². The first kappa shape index (κ1) is 13.5. The number of rotatable bonds is 4. The van der Waals surface area contributed by atoms with Crippen molar-refractivity contribution in [3.63, 3.8) is 0 Å². The number of methoxy groups -OCH3 is 1. The molecular weight excluding hydrogens is 261 g/mol. The maximum atomic E-state index is 14.3. The van der Waals surface area contributed by atoms with Gasteiger partial charge in [-0.3, -0.25) is 0 Å². The molecule has 0 atom stereocenters. The SMILES string of the molecule is CCOc1cc(F)c(N2CCC3(CC2)CO3)cc1OC. The number of epoxide rings is 1. The second-order valence-electron chi connectivity index (χ2n) is 5.35. The zero-order valence-corrected chi connectivity index (χ0v) is 11.9. The molecule has 1 spiro atoms. The molecule has 2 saturated heterocycles. The Morgan fingerprint density at radius 3 is 2.55 bits per heavy atom. The number of anilines is 1. The summed E-state index contributed by atoms with van der Waals surface area (Å²) in [6, 6.07) is 3.14. The van der Waals surface area contributed by atoms with Gasteiger partial charge < -0.3 is 19.1 Å². The molecule has 0 unspecified atom stereocenters. The van der Waals surface area contributed by atoms with E-state index in [1.807, 2.05) is 6.92 Å². The Morgan fingerprint density at radius 1 is 1.30 bits per heavy atom. The molecule has 110 valence electrons. The Labute approximate surface area is 118 Å². The summed E-state index contributed by atoms with van der Waals surface area (Å²) in [4.78, 5) is 2.06. The van der Waals surface area contributed by atoms with Crippen molar-refractivity contribution in [1.29, 1.82) is 0 Å². The maximum absolute atomic E-state index is 14.3. The predicted molar refractivity (Wildman–Crippen MR) is 74.3 cm³/mol. The van der Waals surface area contributed by atoms with Crippen molar-refractivity contribution in [2.75, 3.05) is 38.3 Å². The highest BCUT2D eigenvalue weighted by Gasteiger charge is 2.46. The van der Waals surface area contributed by atoms with Gasteiger partial charge in [-0.15, -0.1) is 0 Å². The number of piperidine rings is 1. The van der Waals surface area contributed by atoms with Crippen molar-refractivity contribution in [3.05, 3.63) is 17.9 Å². The number of ether oxygens (including phenoxy) is 3. The van der Waals surface area contributed by atoms with Gasteiger partial charge in [0.15, 0.2) is 11.5 Å². The number of halogens is 1. The number of nitrogens with zero attached hydrogens (tertiary/aromatic N) is 1. The van der Waals surface area contributed by atoms with Gasteiger partial charge in [0.05, 0.1) is 31.6 Å². The van der Waals surface area contributed by atoms with E-state index in [2.05, 4.69) is 4.90 Å². The van der Waals surface area contributed by atoms with Crippen LogP contribution in [-0.4, -0.2) is 39.0 Å². The van der Waals surface area contributed by atoms with E-state index >= 15 is 0 Å². The standard InChI is InChI=1S/C15H20FNO3/c1-3-19-14-8-11(16)12(9-13(14)18-2)17-6-4-15(5-7-17)10-20-15/h8-9H,3-7,10H2,1-2H3. The van der Waals surface area contributed by atoms with E-state index in [4.69, 9.17) is 14.2 Å². The van der Waals surface area contributed by atoms with Crippen LogP contribution in [0.15, 0.2) is 12.1 Å². The molecule has 0 bridgehead atoms. The normalized spacial score (nSPS) is 20.1. The topological polar surface area (TPSA) is 34.2 Å². The van der Waals surface area contributed by atoms with Crippen LogP contribution in [0, 0.1) is 5.82 Å². The summed E-state index contributed by atoms with van der Waals surface area (Å²) in [6.07, 6.45) is 1.92. The second-order valence-corrected chi connectivity index (χ2v) is 5.35. The van der Waals surface area contributed by atoms with E-state index in [9.17, 15) is 4.39 Å². The van der Waals surface area contributed by atoms with Crippen LogP contribution in [0.2, 0.25) is 0 Å². The molecule has 1 aromatic rings. The van der Waals surface area contributed by atoms with Gasteiger partial charge >= 0.3 is 0 Å². The smallest absolute Gasteiger partial charge is 0.164 e. The van der Waals surface area contributed by atoms with E-state index < -0.39 is 0 Å². The van der Waals surface area contributed by atoms with Gasteiger partial charge in [0.2, 0.25) is 0 Å². The molecule has 0 N–H and O–H groups in total. The Morgan fingerprint density at radius 2 is 2.00 bits per heavy atom. The molecule has 3 rings (SSSR count). The van der Waals surface area contributed by atoms with Gasteiger partial charge in [-0.1, -0.05) is 0 Å². The summed E-state index contributed by atoms with van der Waals surface area (Å²) < 4.78 is 30.4. The molecule has 0 aromatic heterocycles. The Kier molecular flexibility index (Phi) is 3.46. The number of benzene rings is 1. The minimum absolute atomic E-state index is 0.0995. The molecule has 0 saturated carbocycles. The third-order valence-electron chi connectivity index (χ3n) is 4.10. The van der Waals surface area contributed by atoms with Crippen LogP contribution in [0.5, 0.6) is 11.5 Å². The van der Waals surface area contributed by atoms with E-state index in [1.165, 1.54) is 6.07 Å². The van der Waals surface area contributed by atoms with Crippen molar-refractivity contribution in [2.24, 2.45) is 0 Å². The largest absolute Gasteiger partial charge is 0.493 e. The Bertz CT molecular complexity index is 492. The lowest BCUT2D eigenvalue weighted by Crippen LogP contribution is -2.38. The fourth-order valence-corrected chi connectivity index (χ4v) is 2.74. The highest BCUT2D eigenvalue weighted by Crippen LogP contribution is 2.41. The van der Waals surface area contributed by atoms with Crippen molar-refractivity contribution < 1.29 is 18.6 Å². The van der Waals surface area contributed by atoms with Crippen LogP contribution in [-0.2, 0) is 4.74 Å². The van der Waals surface area contributed by atoms with Crippen LogP contribution in [0.3, 0.4) is 0 Å². The van der Waals surface area contributed by atoms with Crippen molar-refractivity contribution in [3.8, 4) is 11.5 Å². The molecule has 2 aliphatic rings. The van der Waals surface area contributed by atoms with Crippen LogP contribution in [0.1, 0.15) is 19.8 Å². The van der Waals surface area contributed by atoms with Crippen molar-refractivity contribution in [2.45, 2.75) is 25.4 Å². The molecule has 0 aliphatic carbocycles. The summed E-state index contributed by atoms with van der Waals surface area (Å²) in [7, 11) is 1.57. The molecule has 2 fully saturated rings. The zero-order valence-electron chi connectivity index (χ0n) is 11.9. The molecule has 2 aliphatic heterocycles.